The fraction of sp³-hybridized carbons (Fsp3) is 0.556. The number of anilines is 1. The molecule has 0 saturated carbocycles. The van der Waals surface area contributed by atoms with Gasteiger partial charge in [-0.2, -0.15) is 0 Å². The van der Waals surface area contributed by atoms with Crippen LogP contribution in [0.5, 0.6) is 0 Å². The third-order valence-electron chi connectivity index (χ3n) is 4.54. The Labute approximate surface area is 147 Å². The third kappa shape index (κ3) is 4.69. The summed E-state index contributed by atoms with van der Waals surface area (Å²) in [6.07, 6.45) is 0. The van der Waals surface area contributed by atoms with E-state index in [2.05, 4.69) is 11.8 Å². The van der Waals surface area contributed by atoms with Gasteiger partial charge >= 0.3 is 5.97 Å². The van der Waals surface area contributed by atoms with Crippen LogP contribution in [-0.2, 0) is 4.79 Å². The first-order chi connectivity index (χ1) is 11.8. The van der Waals surface area contributed by atoms with Gasteiger partial charge in [-0.3, -0.25) is 9.59 Å². The molecule has 0 bridgehead atoms. The van der Waals surface area contributed by atoms with Crippen LogP contribution in [0.25, 0.3) is 0 Å². The van der Waals surface area contributed by atoms with E-state index in [1.165, 1.54) is 11.0 Å². The largest absolute Gasteiger partial charge is 0.480 e. The summed E-state index contributed by atoms with van der Waals surface area (Å²) >= 11 is 0. The zero-order valence-electron chi connectivity index (χ0n) is 15.0. The molecule has 0 unspecified atom stereocenters. The van der Waals surface area contributed by atoms with Crippen molar-refractivity contribution >= 4 is 17.6 Å². The van der Waals surface area contributed by atoms with Crippen molar-refractivity contribution in [3.05, 3.63) is 29.6 Å². The van der Waals surface area contributed by atoms with Gasteiger partial charge in [0.25, 0.3) is 5.91 Å². The number of piperazine rings is 1. The van der Waals surface area contributed by atoms with E-state index < -0.39 is 24.2 Å². The minimum absolute atomic E-state index is 0.170. The summed E-state index contributed by atoms with van der Waals surface area (Å²) < 4.78 is 14.6. The summed E-state index contributed by atoms with van der Waals surface area (Å²) in [5.41, 5.74) is 0.657. The van der Waals surface area contributed by atoms with E-state index in [-0.39, 0.29) is 11.6 Å². The fourth-order valence-electron chi connectivity index (χ4n) is 3.00. The molecule has 1 aromatic rings. The van der Waals surface area contributed by atoms with Crippen LogP contribution in [0.4, 0.5) is 10.1 Å². The smallest absolute Gasteiger partial charge is 0.323 e. The highest BCUT2D eigenvalue weighted by Gasteiger charge is 2.24. The molecule has 1 N–H and O–H groups in total. The zero-order chi connectivity index (χ0) is 18.6. The van der Waals surface area contributed by atoms with Crippen LogP contribution in [-0.4, -0.2) is 72.1 Å². The van der Waals surface area contributed by atoms with E-state index in [1.807, 2.05) is 4.90 Å². The Kier molecular flexibility index (Phi) is 6.36. The molecule has 1 saturated heterocycles. The van der Waals surface area contributed by atoms with Gasteiger partial charge in [-0.15, -0.1) is 0 Å². The van der Waals surface area contributed by atoms with Crippen molar-refractivity contribution in [3.8, 4) is 0 Å². The molecule has 1 fully saturated rings. The van der Waals surface area contributed by atoms with Gasteiger partial charge in [0.2, 0.25) is 0 Å². The second-order valence-corrected chi connectivity index (χ2v) is 6.51. The molecule has 1 heterocycles. The molecule has 2 rings (SSSR count). The van der Waals surface area contributed by atoms with E-state index in [0.29, 0.717) is 5.69 Å². The van der Waals surface area contributed by atoms with E-state index in [0.717, 1.165) is 32.7 Å². The van der Waals surface area contributed by atoms with Crippen LogP contribution >= 0.6 is 0 Å². The molecule has 0 aromatic heterocycles. The van der Waals surface area contributed by atoms with Gasteiger partial charge in [0.05, 0.1) is 5.69 Å². The maximum absolute atomic E-state index is 14.6. The Balaban J connectivity index is 2.15. The number of benzene rings is 1. The predicted molar refractivity (Wildman–Crippen MR) is 94.5 cm³/mol. The second kappa shape index (κ2) is 8.29. The number of carbonyl (C=O) groups excluding carboxylic acids is 1. The Hall–Kier alpha value is -2.15. The first-order valence-corrected chi connectivity index (χ1v) is 8.63. The highest BCUT2D eigenvalue weighted by molar-refractivity contribution is 5.96. The maximum atomic E-state index is 14.6. The summed E-state index contributed by atoms with van der Waals surface area (Å²) in [5, 5.41) is 8.96. The average Bonchev–Trinajstić information content (AvgIpc) is 2.58. The van der Waals surface area contributed by atoms with Gasteiger partial charge in [0, 0.05) is 37.8 Å². The number of halogens is 1. The highest BCUT2D eigenvalue weighted by atomic mass is 19.1. The number of carboxylic acid groups (broad SMARTS) is 1. The number of aliphatic carboxylic acids is 1. The molecular weight excluding hydrogens is 325 g/mol. The van der Waals surface area contributed by atoms with Crippen LogP contribution in [0.3, 0.4) is 0 Å². The molecule has 0 spiro atoms. The van der Waals surface area contributed by atoms with Gasteiger partial charge in [-0.05, 0) is 38.6 Å². The molecule has 138 valence electrons. The Morgan fingerprint density at radius 3 is 2.36 bits per heavy atom. The monoisotopic (exact) mass is 351 g/mol. The van der Waals surface area contributed by atoms with Crippen molar-refractivity contribution in [2.45, 2.75) is 26.8 Å². The fourth-order valence-corrected chi connectivity index (χ4v) is 3.00. The predicted octanol–water partition coefficient (Wildman–Crippen LogP) is 1.90. The van der Waals surface area contributed by atoms with E-state index in [1.54, 1.807) is 26.0 Å². The molecule has 1 aliphatic rings. The Morgan fingerprint density at radius 1 is 1.24 bits per heavy atom. The normalized spacial score (nSPS) is 15.5. The van der Waals surface area contributed by atoms with Gasteiger partial charge in [-0.25, -0.2) is 4.39 Å². The van der Waals surface area contributed by atoms with Crippen molar-refractivity contribution in [2.24, 2.45) is 0 Å². The number of nitrogens with zero attached hydrogens (tertiary/aromatic N) is 3. The topological polar surface area (TPSA) is 64.1 Å². The molecule has 7 heteroatoms. The molecule has 0 atom stereocenters. The molecule has 0 radical (unpaired) electrons. The Morgan fingerprint density at radius 2 is 1.88 bits per heavy atom. The number of carbonyl (C=O) groups is 2. The SMILES string of the molecule is CCN1CCN(c2ccc(C(=O)N(CC(=O)O)C(C)C)cc2F)CC1. The van der Waals surface area contributed by atoms with Crippen LogP contribution in [0.2, 0.25) is 0 Å². The summed E-state index contributed by atoms with van der Waals surface area (Å²) in [5.74, 6) is -2.01. The molecule has 25 heavy (non-hydrogen) atoms. The van der Waals surface area contributed by atoms with E-state index in [4.69, 9.17) is 5.11 Å². The zero-order valence-corrected chi connectivity index (χ0v) is 15.0. The number of amides is 1. The van der Waals surface area contributed by atoms with E-state index >= 15 is 0 Å². The molecule has 1 aromatic carbocycles. The van der Waals surface area contributed by atoms with Crippen molar-refractivity contribution in [1.29, 1.82) is 0 Å². The number of rotatable bonds is 6. The molecule has 0 aliphatic carbocycles. The van der Waals surface area contributed by atoms with Gasteiger partial charge < -0.3 is 19.8 Å². The van der Waals surface area contributed by atoms with Crippen molar-refractivity contribution < 1.29 is 19.1 Å². The lowest BCUT2D eigenvalue weighted by atomic mass is 10.1. The lowest BCUT2D eigenvalue weighted by Crippen LogP contribution is -2.46. The molecule has 1 aliphatic heterocycles. The number of hydrogen-bond donors (Lipinski definition) is 1. The van der Waals surface area contributed by atoms with Crippen LogP contribution in [0, 0.1) is 5.82 Å². The Bertz CT molecular complexity index is 628. The molecule has 1 amide bonds. The van der Waals surface area contributed by atoms with Crippen LogP contribution in [0.15, 0.2) is 18.2 Å². The number of hydrogen-bond acceptors (Lipinski definition) is 4. The number of carboxylic acids is 1. The first kappa shape index (κ1) is 19.2. The summed E-state index contributed by atoms with van der Waals surface area (Å²) in [6, 6.07) is 4.11. The van der Waals surface area contributed by atoms with Gasteiger partial charge in [-0.1, -0.05) is 6.92 Å². The second-order valence-electron chi connectivity index (χ2n) is 6.51. The average molecular weight is 351 g/mol. The molecule has 6 nitrogen and oxygen atoms in total. The lowest BCUT2D eigenvalue weighted by molar-refractivity contribution is -0.138. The van der Waals surface area contributed by atoms with Crippen LogP contribution in [0.1, 0.15) is 31.1 Å². The van der Waals surface area contributed by atoms with E-state index in [9.17, 15) is 14.0 Å². The summed E-state index contributed by atoms with van der Waals surface area (Å²) in [7, 11) is 0. The lowest BCUT2D eigenvalue weighted by Gasteiger charge is -2.35. The minimum atomic E-state index is -1.09. The third-order valence-corrected chi connectivity index (χ3v) is 4.54. The van der Waals surface area contributed by atoms with Gasteiger partial charge in [0.1, 0.15) is 12.4 Å². The standard InChI is InChI=1S/C18H26FN3O3/c1-4-20-7-9-21(10-8-20)16-6-5-14(11-15(16)19)18(25)22(13(2)3)12-17(23)24/h5-6,11,13H,4,7-10,12H2,1-3H3,(H,23,24). The molecular formula is C18H26FN3O3. The quantitative estimate of drug-likeness (QED) is 0.848. The number of likely N-dealkylation sites (N-methyl/N-ethyl adjacent to an activating group) is 1. The highest BCUT2D eigenvalue weighted by Crippen LogP contribution is 2.23. The summed E-state index contributed by atoms with van der Waals surface area (Å²) in [4.78, 5) is 29.0. The first-order valence-electron chi connectivity index (χ1n) is 8.63. The van der Waals surface area contributed by atoms with Crippen LogP contribution < -0.4 is 4.90 Å². The summed E-state index contributed by atoms with van der Waals surface area (Å²) in [6.45, 7) is 9.42. The minimum Gasteiger partial charge on any atom is -0.480 e. The van der Waals surface area contributed by atoms with Crippen molar-refractivity contribution in [1.82, 2.24) is 9.80 Å². The van der Waals surface area contributed by atoms with Crippen molar-refractivity contribution in [2.75, 3.05) is 44.2 Å². The maximum Gasteiger partial charge on any atom is 0.323 e. The van der Waals surface area contributed by atoms with Gasteiger partial charge in [0.15, 0.2) is 0 Å². The van der Waals surface area contributed by atoms with Crippen molar-refractivity contribution in [3.63, 3.8) is 0 Å².